The predicted molar refractivity (Wildman–Crippen MR) is 101 cm³/mol. The molecule has 0 saturated carbocycles. The molecule has 2 aromatic rings. The third kappa shape index (κ3) is 2.86. The molecule has 5 heteroatoms. The molecule has 0 aliphatic carbocycles. The van der Waals surface area contributed by atoms with Crippen molar-refractivity contribution in [3.63, 3.8) is 0 Å². The Bertz CT molecular complexity index is 799. The number of carbonyl (C=O) groups excluding carboxylic acids is 1. The second-order valence-electron chi connectivity index (χ2n) is 7.60. The van der Waals surface area contributed by atoms with Crippen molar-refractivity contribution in [1.29, 1.82) is 0 Å². The smallest absolute Gasteiger partial charge is 0.231 e. The number of hydrogen-bond acceptors (Lipinski definition) is 3. The van der Waals surface area contributed by atoms with E-state index in [1.165, 1.54) is 11.1 Å². The summed E-state index contributed by atoms with van der Waals surface area (Å²) in [5.41, 5.74) is 2.16. The van der Waals surface area contributed by atoms with Crippen LogP contribution in [0.25, 0.3) is 0 Å². The highest BCUT2D eigenvalue weighted by Crippen LogP contribution is 2.50. The minimum atomic E-state index is -0.313. The highest BCUT2D eigenvalue weighted by molar-refractivity contribution is 5.87. The van der Waals surface area contributed by atoms with Crippen LogP contribution in [0.2, 0.25) is 0 Å². The predicted octanol–water partition coefficient (Wildman–Crippen LogP) is 2.42. The average Bonchev–Trinajstić information content (AvgIpc) is 3.31. The molecule has 0 bridgehead atoms. The van der Waals surface area contributed by atoms with Crippen LogP contribution in [-0.2, 0) is 18.4 Å². The van der Waals surface area contributed by atoms with Gasteiger partial charge in [-0.05, 0) is 12.0 Å². The second kappa shape index (κ2) is 6.72. The van der Waals surface area contributed by atoms with E-state index >= 15 is 0 Å². The lowest BCUT2D eigenvalue weighted by atomic mass is 9.73. The molecule has 2 aliphatic rings. The Kier molecular flexibility index (Phi) is 4.41. The third-order valence-electron chi connectivity index (χ3n) is 5.87. The van der Waals surface area contributed by atoms with Crippen molar-refractivity contribution in [3.05, 3.63) is 66.5 Å². The summed E-state index contributed by atoms with van der Waals surface area (Å²) in [4.78, 5) is 17.7. The van der Waals surface area contributed by atoms with Gasteiger partial charge in [0.15, 0.2) is 0 Å². The molecular formula is C21H26N4O. The fraction of sp³-hybridized carbons (Fsp3) is 0.429. The minimum absolute atomic E-state index is 0.239. The summed E-state index contributed by atoms with van der Waals surface area (Å²) in [6.45, 7) is 7.85. The first kappa shape index (κ1) is 17.0. The van der Waals surface area contributed by atoms with Gasteiger partial charge in [-0.15, -0.1) is 6.58 Å². The van der Waals surface area contributed by atoms with E-state index in [-0.39, 0.29) is 11.3 Å². The molecule has 0 radical (unpaired) electrons. The van der Waals surface area contributed by atoms with Crippen molar-refractivity contribution in [2.45, 2.75) is 18.9 Å². The summed E-state index contributed by atoms with van der Waals surface area (Å²) < 4.78 is 1.84. The normalized spacial score (nSPS) is 26.1. The number of aromatic nitrogens is 2. The SMILES string of the molecule is C=CCN1CC[C@@]2(CN(Cc3cnn(C)c3)C[C@H]2c2ccccc2)C1=O. The van der Waals surface area contributed by atoms with Gasteiger partial charge < -0.3 is 4.90 Å². The molecule has 136 valence electrons. The van der Waals surface area contributed by atoms with Gasteiger partial charge in [-0.25, -0.2) is 0 Å². The Hall–Kier alpha value is -2.40. The highest BCUT2D eigenvalue weighted by atomic mass is 16.2. The molecule has 5 nitrogen and oxygen atoms in total. The summed E-state index contributed by atoms with van der Waals surface area (Å²) in [6, 6.07) is 10.5. The van der Waals surface area contributed by atoms with Gasteiger partial charge in [0.1, 0.15) is 0 Å². The summed E-state index contributed by atoms with van der Waals surface area (Å²) in [6.07, 6.45) is 6.73. The van der Waals surface area contributed by atoms with Gasteiger partial charge in [-0.1, -0.05) is 36.4 Å². The maximum Gasteiger partial charge on any atom is 0.231 e. The van der Waals surface area contributed by atoms with Crippen LogP contribution in [0.4, 0.5) is 0 Å². The minimum Gasteiger partial charge on any atom is -0.338 e. The first-order valence-electron chi connectivity index (χ1n) is 9.27. The van der Waals surface area contributed by atoms with E-state index in [2.05, 4.69) is 47.0 Å². The number of likely N-dealkylation sites (tertiary alicyclic amines) is 2. The number of benzene rings is 1. The summed E-state index contributed by atoms with van der Waals surface area (Å²) in [5.74, 6) is 0.530. The standard InChI is InChI=1S/C21H26N4O/c1-3-10-25-11-9-21(20(25)26)16-24(14-17-12-22-23(2)13-17)15-19(21)18-7-5-4-6-8-18/h3-8,12-13,19H,1,9-11,14-16H2,2H3/t19-,21-/m0/s1. The quantitative estimate of drug-likeness (QED) is 0.778. The van der Waals surface area contributed by atoms with Crippen molar-refractivity contribution in [2.24, 2.45) is 12.5 Å². The number of hydrogen-bond donors (Lipinski definition) is 0. The number of nitrogens with zero attached hydrogens (tertiary/aromatic N) is 4. The van der Waals surface area contributed by atoms with Crippen LogP contribution >= 0.6 is 0 Å². The average molecular weight is 350 g/mol. The molecule has 0 N–H and O–H groups in total. The largest absolute Gasteiger partial charge is 0.338 e. The molecule has 2 fully saturated rings. The van der Waals surface area contributed by atoms with Gasteiger partial charge in [-0.3, -0.25) is 14.4 Å². The number of carbonyl (C=O) groups is 1. The lowest BCUT2D eigenvalue weighted by Crippen LogP contribution is -2.39. The molecule has 2 aliphatic heterocycles. The maximum atomic E-state index is 13.3. The van der Waals surface area contributed by atoms with Crippen molar-refractivity contribution in [2.75, 3.05) is 26.2 Å². The van der Waals surface area contributed by atoms with Crippen molar-refractivity contribution in [1.82, 2.24) is 19.6 Å². The van der Waals surface area contributed by atoms with E-state index in [4.69, 9.17) is 0 Å². The van der Waals surface area contributed by atoms with Crippen LogP contribution in [0, 0.1) is 5.41 Å². The van der Waals surface area contributed by atoms with Crippen molar-refractivity contribution in [3.8, 4) is 0 Å². The molecule has 3 heterocycles. The zero-order valence-electron chi connectivity index (χ0n) is 15.3. The van der Waals surface area contributed by atoms with Gasteiger partial charge in [0.05, 0.1) is 11.6 Å². The van der Waals surface area contributed by atoms with E-state index in [1.54, 1.807) is 0 Å². The van der Waals surface area contributed by atoms with Crippen LogP contribution in [0.5, 0.6) is 0 Å². The molecule has 2 saturated heterocycles. The maximum absolute atomic E-state index is 13.3. The van der Waals surface area contributed by atoms with E-state index in [0.29, 0.717) is 12.5 Å². The van der Waals surface area contributed by atoms with Crippen LogP contribution in [0.15, 0.2) is 55.4 Å². The Morgan fingerprint density at radius 2 is 2.15 bits per heavy atom. The first-order valence-corrected chi connectivity index (χ1v) is 9.27. The Morgan fingerprint density at radius 1 is 1.35 bits per heavy atom. The summed E-state index contributed by atoms with van der Waals surface area (Å²) >= 11 is 0. The van der Waals surface area contributed by atoms with Gasteiger partial charge in [0.2, 0.25) is 5.91 Å². The van der Waals surface area contributed by atoms with Crippen LogP contribution in [0.1, 0.15) is 23.5 Å². The molecule has 1 aromatic heterocycles. The second-order valence-corrected chi connectivity index (χ2v) is 7.60. The van der Waals surface area contributed by atoms with Crippen LogP contribution in [-0.4, -0.2) is 51.7 Å². The summed E-state index contributed by atoms with van der Waals surface area (Å²) in [5, 5.41) is 4.28. The Balaban J connectivity index is 1.63. The molecular weight excluding hydrogens is 324 g/mol. The molecule has 0 unspecified atom stereocenters. The van der Waals surface area contributed by atoms with E-state index in [9.17, 15) is 4.79 Å². The van der Waals surface area contributed by atoms with Crippen LogP contribution < -0.4 is 0 Å². The fourth-order valence-corrected chi connectivity index (χ4v) is 4.71. The van der Waals surface area contributed by atoms with Gasteiger partial charge >= 0.3 is 0 Å². The Labute approximate surface area is 154 Å². The molecule has 1 amide bonds. The molecule has 2 atom stereocenters. The van der Waals surface area contributed by atoms with E-state index in [1.807, 2.05) is 35.0 Å². The van der Waals surface area contributed by atoms with Crippen molar-refractivity contribution >= 4 is 5.91 Å². The molecule has 1 spiro atoms. The zero-order valence-corrected chi connectivity index (χ0v) is 15.3. The third-order valence-corrected chi connectivity index (χ3v) is 5.87. The number of amides is 1. The topological polar surface area (TPSA) is 41.4 Å². The van der Waals surface area contributed by atoms with E-state index in [0.717, 1.165) is 32.6 Å². The molecule has 4 rings (SSSR count). The number of aryl methyl sites for hydroxylation is 1. The lowest BCUT2D eigenvalue weighted by molar-refractivity contribution is -0.135. The monoisotopic (exact) mass is 350 g/mol. The zero-order chi connectivity index (χ0) is 18.1. The molecule has 1 aromatic carbocycles. The summed E-state index contributed by atoms with van der Waals surface area (Å²) in [7, 11) is 1.94. The van der Waals surface area contributed by atoms with Gasteiger partial charge in [0, 0.05) is 57.4 Å². The molecule has 26 heavy (non-hydrogen) atoms. The Morgan fingerprint density at radius 3 is 2.85 bits per heavy atom. The lowest BCUT2D eigenvalue weighted by Gasteiger charge is -2.29. The van der Waals surface area contributed by atoms with Crippen molar-refractivity contribution < 1.29 is 4.79 Å². The number of rotatable bonds is 5. The fourth-order valence-electron chi connectivity index (χ4n) is 4.71. The van der Waals surface area contributed by atoms with E-state index < -0.39 is 0 Å². The van der Waals surface area contributed by atoms with Gasteiger partial charge in [-0.2, -0.15) is 5.10 Å². The van der Waals surface area contributed by atoms with Crippen LogP contribution in [0.3, 0.4) is 0 Å². The first-order chi connectivity index (χ1) is 12.6. The highest BCUT2D eigenvalue weighted by Gasteiger charge is 2.56. The van der Waals surface area contributed by atoms with Gasteiger partial charge in [0.25, 0.3) is 0 Å².